The number of hydrogen-bond acceptors (Lipinski definition) is 7. The predicted octanol–water partition coefficient (Wildman–Crippen LogP) is 4.08. The first-order valence-electron chi connectivity index (χ1n) is 11.0. The molecule has 8 heteroatoms. The Morgan fingerprint density at radius 1 is 1.12 bits per heavy atom. The van der Waals surface area contributed by atoms with Crippen LogP contribution in [0.1, 0.15) is 46.3 Å². The van der Waals surface area contributed by atoms with E-state index in [4.69, 9.17) is 4.74 Å². The summed E-state index contributed by atoms with van der Waals surface area (Å²) in [5.41, 5.74) is 3.86. The molecule has 34 heavy (non-hydrogen) atoms. The number of methoxy groups -OCH3 is 1. The van der Waals surface area contributed by atoms with Gasteiger partial charge in [0.25, 0.3) is 0 Å². The van der Waals surface area contributed by atoms with Gasteiger partial charge in [-0.05, 0) is 55.2 Å². The molecule has 3 aromatic rings. The van der Waals surface area contributed by atoms with Crippen molar-refractivity contribution in [3.63, 3.8) is 0 Å². The fraction of sp³-hybridized carbons (Fsp3) is 0.269. The number of nitrogens with zero attached hydrogens (tertiary/aromatic N) is 3. The Hall–Kier alpha value is -4.25. The fourth-order valence-electron chi connectivity index (χ4n) is 3.70. The van der Waals surface area contributed by atoms with Crippen molar-refractivity contribution in [2.45, 2.75) is 32.7 Å². The molecular formula is C26H25N5O3. The first-order chi connectivity index (χ1) is 16.4. The van der Waals surface area contributed by atoms with Crippen molar-refractivity contribution in [1.29, 1.82) is 5.26 Å². The minimum absolute atomic E-state index is 0.115. The normalized spacial score (nSPS) is 13.4. The molecule has 0 radical (unpaired) electrons. The molecule has 1 saturated carbocycles. The summed E-state index contributed by atoms with van der Waals surface area (Å²) >= 11 is 0. The van der Waals surface area contributed by atoms with Gasteiger partial charge in [-0.3, -0.25) is 9.59 Å². The molecule has 1 fully saturated rings. The van der Waals surface area contributed by atoms with Gasteiger partial charge in [-0.1, -0.05) is 18.2 Å². The highest BCUT2D eigenvalue weighted by Gasteiger charge is 2.51. The number of benzene rings is 2. The summed E-state index contributed by atoms with van der Waals surface area (Å²) in [6.45, 7) is 2.32. The quantitative estimate of drug-likeness (QED) is 0.467. The third-order valence-electron chi connectivity index (χ3n) is 5.95. The van der Waals surface area contributed by atoms with Crippen molar-refractivity contribution in [2.75, 3.05) is 12.4 Å². The summed E-state index contributed by atoms with van der Waals surface area (Å²) in [7, 11) is 1.46. The van der Waals surface area contributed by atoms with E-state index in [1.807, 2.05) is 49.4 Å². The first kappa shape index (κ1) is 22.9. The molecule has 0 spiro atoms. The maximum atomic E-state index is 12.8. The Morgan fingerprint density at radius 2 is 1.82 bits per heavy atom. The van der Waals surface area contributed by atoms with Gasteiger partial charge in [-0.25, -0.2) is 9.97 Å². The van der Waals surface area contributed by atoms with Crippen molar-refractivity contribution < 1.29 is 14.3 Å². The van der Waals surface area contributed by atoms with Gasteiger partial charge in [-0.15, -0.1) is 0 Å². The molecule has 1 aromatic heterocycles. The van der Waals surface area contributed by atoms with Crippen LogP contribution in [-0.2, 0) is 11.3 Å². The molecule has 0 saturated heterocycles. The highest BCUT2D eigenvalue weighted by molar-refractivity contribution is 6.00. The van der Waals surface area contributed by atoms with Crippen LogP contribution in [-0.4, -0.2) is 28.8 Å². The minimum atomic E-state index is -0.655. The average molecular weight is 456 g/mol. The number of nitrogens with one attached hydrogen (secondary N) is 2. The third-order valence-corrected chi connectivity index (χ3v) is 5.95. The monoisotopic (exact) mass is 455 g/mol. The van der Waals surface area contributed by atoms with Crippen LogP contribution in [0.3, 0.4) is 0 Å². The van der Waals surface area contributed by atoms with E-state index in [1.54, 1.807) is 0 Å². The molecule has 0 atom stereocenters. The number of aromatic nitrogens is 2. The summed E-state index contributed by atoms with van der Waals surface area (Å²) in [6, 6.07) is 15.7. The number of carbonyl (C=O) groups is 2. The van der Waals surface area contributed by atoms with E-state index in [0.29, 0.717) is 30.5 Å². The summed E-state index contributed by atoms with van der Waals surface area (Å²) in [6.07, 6.45) is 4.35. The van der Waals surface area contributed by atoms with Crippen LogP contribution in [0.2, 0.25) is 0 Å². The molecule has 0 unspecified atom stereocenters. The van der Waals surface area contributed by atoms with Crippen molar-refractivity contribution in [1.82, 2.24) is 15.3 Å². The molecule has 0 aliphatic heterocycles. The topological polar surface area (TPSA) is 117 Å². The van der Waals surface area contributed by atoms with E-state index in [2.05, 4.69) is 26.7 Å². The largest absolute Gasteiger partial charge is 0.467 e. The first-order valence-corrected chi connectivity index (χ1v) is 11.0. The predicted molar refractivity (Wildman–Crippen MR) is 127 cm³/mol. The molecular weight excluding hydrogens is 430 g/mol. The van der Waals surface area contributed by atoms with Gasteiger partial charge in [-0.2, -0.15) is 5.26 Å². The Labute approximate surface area is 198 Å². The van der Waals surface area contributed by atoms with Crippen LogP contribution >= 0.6 is 0 Å². The van der Waals surface area contributed by atoms with Gasteiger partial charge >= 0.3 is 6.01 Å². The van der Waals surface area contributed by atoms with Crippen LogP contribution < -0.4 is 15.4 Å². The zero-order chi connectivity index (χ0) is 24.1. The zero-order valence-electron chi connectivity index (χ0n) is 19.1. The number of hydrogen-bond donors (Lipinski definition) is 2. The van der Waals surface area contributed by atoms with E-state index in [-0.39, 0.29) is 24.1 Å². The van der Waals surface area contributed by atoms with E-state index < -0.39 is 5.41 Å². The Morgan fingerprint density at radius 3 is 2.44 bits per heavy atom. The molecule has 1 aliphatic rings. The zero-order valence-corrected chi connectivity index (χ0v) is 19.1. The summed E-state index contributed by atoms with van der Waals surface area (Å²) in [5, 5.41) is 15.6. The fourth-order valence-corrected chi connectivity index (χ4v) is 3.70. The smallest absolute Gasteiger partial charge is 0.316 e. The van der Waals surface area contributed by atoms with E-state index >= 15 is 0 Å². The molecule has 2 N–H and O–H groups in total. The minimum Gasteiger partial charge on any atom is -0.467 e. The number of Topliss-reactive ketones (excluding diaryl/α,β-unsaturated/α-hetero) is 1. The second-order valence-corrected chi connectivity index (χ2v) is 8.50. The molecule has 2 aromatic carbocycles. The van der Waals surface area contributed by atoms with E-state index in [9.17, 15) is 14.9 Å². The molecule has 4 rings (SSSR count). The van der Waals surface area contributed by atoms with Crippen molar-refractivity contribution in [2.24, 2.45) is 5.41 Å². The van der Waals surface area contributed by atoms with E-state index in [0.717, 1.165) is 22.5 Å². The van der Waals surface area contributed by atoms with Crippen molar-refractivity contribution in [3.8, 4) is 12.1 Å². The molecule has 1 amide bonds. The second-order valence-electron chi connectivity index (χ2n) is 8.50. The maximum Gasteiger partial charge on any atom is 0.316 e. The number of aryl methyl sites for hydroxylation is 1. The Bertz CT molecular complexity index is 1240. The maximum absolute atomic E-state index is 12.8. The van der Waals surface area contributed by atoms with Crippen LogP contribution in [0.25, 0.3) is 0 Å². The van der Waals surface area contributed by atoms with Crippen LogP contribution in [0.4, 0.5) is 11.4 Å². The number of carbonyl (C=O) groups excluding carboxylic acids is 2. The van der Waals surface area contributed by atoms with Gasteiger partial charge in [0.15, 0.2) is 5.78 Å². The summed E-state index contributed by atoms with van der Waals surface area (Å²) in [4.78, 5) is 33.3. The molecule has 8 nitrogen and oxygen atoms in total. The highest BCUT2D eigenvalue weighted by atomic mass is 16.5. The number of rotatable bonds is 9. The van der Waals surface area contributed by atoms with Gasteiger partial charge in [0, 0.05) is 31.0 Å². The number of amides is 1. The Balaban J connectivity index is 1.32. The lowest BCUT2D eigenvalue weighted by atomic mass is 9.95. The SMILES string of the molecule is COc1ncc(C(=O)CC2(C(=O)NCc3ccc(Nc4ccc(C)cc4C#N)cc3)CC2)cn1. The highest BCUT2D eigenvalue weighted by Crippen LogP contribution is 2.49. The third kappa shape index (κ3) is 5.21. The van der Waals surface area contributed by atoms with Gasteiger partial charge in [0.1, 0.15) is 6.07 Å². The Kier molecular flexibility index (Phi) is 6.55. The van der Waals surface area contributed by atoms with Crippen molar-refractivity contribution in [3.05, 3.63) is 77.1 Å². The molecule has 1 aliphatic carbocycles. The lowest BCUT2D eigenvalue weighted by Gasteiger charge is -2.15. The van der Waals surface area contributed by atoms with Gasteiger partial charge < -0.3 is 15.4 Å². The molecule has 172 valence electrons. The van der Waals surface area contributed by atoms with Crippen LogP contribution in [0, 0.1) is 23.7 Å². The lowest BCUT2D eigenvalue weighted by Crippen LogP contribution is -2.33. The van der Waals surface area contributed by atoms with Crippen molar-refractivity contribution >= 4 is 23.1 Å². The number of ether oxygens (including phenoxy) is 1. The summed E-state index contributed by atoms with van der Waals surface area (Å²) in [5.74, 6) is -0.269. The van der Waals surface area contributed by atoms with Gasteiger partial charge in [0.2, 0.25) is 5.91 Å². The number of ketones is 1. The van der Waals surface area contributed by atoms with Crippen LogP contribution in [0.5, 0.6) is 6.01 Å². The second kappa shape index (κ2) is 9.71. The molecule has 1 heterocycles. The number of anilines is 2. The van der Waals surface area contributed by atoms with Crippen LogP contribution in [0.15, 0.2) is 54.9 Å². The number of nitriles is 1. The average Bonchev–Trinajstić information content (AvgIpc) is 3.65. The molecule has 0 bridgehead atoms. The standard InChI is InChI=1S/C26H25N5O3/c1-17-3-8-22(19(11-17)13-27)31-21-6-4-18(5-7-21)14-28-24(33)26(9-10-26)12-23(32)20-15-29-25(34-2)30-16-20/h3-8,11,15-16,31H,9-10,12,14H2,1-2H3,(H,28,33). The summed E-state index contributed by atoms with van der Waals surface area (Å²) < 4.78 is 4.91. The van der Waals surface area contributed by atoms with Gasteiger partial charge in [0.05, 0.1) is 29.3 Å². The lowest BCUT2D eigenvalue weighted by molar-refractivity contribution is -0.126. The van der Waals surface area contributed by atoms with E-state index in [1.165, 1.54) is 19.5 Å².